The highest BCUT2D eigenvalue weighted by molar-refractivity contribution is 5.87. The topological polar surface area (TPSA) is 29.5 Å². The Kier molecular flexibility index (Phi) is 5.47. The first-order chi connectivity index (χ1) is 12.2. The van der Waals surface area contributed by atoms with E-state index in [1.807, 2.05) is 91.9 Å². The van der Waals surface area contributed by atoms with Crippen molar-refractivity contribution in [1.29, 1.82) is 0 Å². The van der Waals surface area contributed by atoms with Crippen molar-refractivity contribution in [3.63, 3.8) is 0 Å². The van der Waals surface area contributed by atoms with Gasteiger partial charge in [-0.2, -0.15) is 0 Å². The van der Waals surface area contributed by atoms with Crippen molar-refractivity contribution in [3.8, 4) is 0 Å². The van der Waals surface area contributed by atoms with Crippen LogP contribution < -0.4 is 4.90 Å². The number of ether oxygens (including phenoxy) is 1. The molecule has 0 saturated carbocycles. The fraction of sp³-hybridized carbons (Fsp3) is 0.136. The van der Waals surface area contributed by atoms with E-state index in [2.05, 4.69) is 0 Å². The largest absolute Gasteiger partial charge is 0.444 e. The lowest BCUT2D eigenvalue weighted by atomic mass is 10.2. The van der Waals surface area contributed by atoms with E-state index in [0.717, 1.165) is 22.4 Å². The highest BCUT2D eigenvalue weighted by Gasteiger charge is 2.18. The second-order valence-corrected chi connectivity index (χ2v) is 5.95. The molecular weight excluding hydrogens is 310 g/mol. The number of aryl methyl sites for hydroxylation is 1. The third-order valence-electron chi connectivity index (χ3n) is 3.95. The number of hydrogen-bond acceptors (Lipinski definition) is 2. The monoisotopic (exact) mass is 331 g/mol. The molecule has 0 fully saturated rings. The smallest absolute Gasteiger partial charge is 0.414 e. The van der Waals surface area contributed by atoms with Crippen molar-refractivity contribution in [2.75, 3.05) is 4.90 Å². The van der Waals surface area contributed by atoms with Crippen molar-refractivity contribution in [2.45, 2.75) is 20.1 Å². The van der Waals surface area contributed by atoms with Crippen LogP contribution in [-0.2, 0) is 17.9 Å². The highest BCUT2D eigenvalue weighted by atomic mass is 16.6. The van der Waals surface area contributed by atoms with Gasteiger partial charge >= 0.3 is 6.09 Å². The first-order valence-corrected chi connectivity index (χ1v) is 8.31. The van der Waals surface area contributed by atoms with Crippen molar-refractivity contribution < 1.29 is 9.53 Å². The Hall–Kier alpha value is -3.07. The SMILES string of the molecule is Cc1ccc(N(Cc2ccccc2)C(=O)OCc2ccccc2)cc1. The fourth-order valence-electron chi connectivity index (χ4n) is 2.55. The van der Waals surface area contributed by atoms with E-state index < -0.39 is 0 Å². The van der Waals surface area contributed by atoms with Crippen LogP contribution >= 0.6 is 0 Å². The Morgan fingerprint density at radius 3 is 1.96 bits per heavy atom. The van der Waals surface area contributed by atoms with Gasteiger partial charge in [0.15, 0.2) is 0 Å². The first-order valence-electron chi connectivity index (χ1n) is 8.31. The molecule has 0 N–H and O–H groups in total. The predicted octanol–water partition coefficient (Wildman–Crippen LogP) is 5.34. The van der Waals surface area contributed by atoms with Crippen LogP contribution in [0.1, 0.15) is 16.7 Å². The number of rotatable bonds is 5. The molecule has 0 aliphatic carbocycles. The van der Waals surface area contributed by atoms with Gasteiger partial charge in [0, 0.05) is 5.69 Å². The molecule has 0 radical (unpaired) electrons. The molecule has 0 bridgehead atoms. The molecule has 3 aromatic carbocycles. The number of nitrogens with zero attached hydrogens (tertiary/aromatic N) is 1. The molecule has 0 atom stereocenters. The molecule has 0 aliphatic heterocycles. The average Bonchev–Trinajstić information content (AvgIpc) is 2.67. The minimum Gasteiger partial charge on any atom is -0.444 e. The second-order valence-electron chi connectivity index (χ2n) is 5.95. The van der Waals surface area contributed by atoms with Gasteiger partial charge in [0.25, 0.3) is 0 Å². The molecule has 126 valence electrons. The van der Waals surface area contributed by atoms with E-state index in [-0.39, 0.29) is 12.7 Å². The Balaban J connectivity index is 1.77. The molecule has 0 heterocycles. The number of anilines is 1. The lowest BCUT2D eigenvalue weighted by Crippen LogP contribution is -2.31. The van der Waals surface area contributed by atoms with Gasteiger partial charge in [0.05, 0.1) is 6.54 Å². The van der Waals surface area contributed by atoms with Gasteiger partial charge < -0.3 is 4.74 Å². The van der Waals surface area contributed by atoms with E-state index in [1.54, 1.807) is 4.90 Å². The van der Waals surface area contributed by atoms with Crippen LogP contribution in [-0.4, -0.2) is 6.09 Å². The summed E-state index contributed by atoms with van der Waals surface area (Å²) >= 11 is 0. The number of carbonyl (C=O) groups excluding carboxylic acids is 1. The van der Waals surface area contributed by atoms with Crippen molar-refractivity contribution in [3.05, 3.63) is 102 Å². The van der Waals surface area contributed by atoms with Gasteiger partial charge in [-0.25, -0.2) is 4.79 Å². The molecule has 0 aromatic heterocycles. The predicted molar refractivity (Wildman–Crippen MR) is 100 cm³/mol. The van der Waals surface area contributed by atoms with Crippen LogP contribution in [0.2, 0.25) is 0 Å². The molecule has 3 heteroatoms. The second kappa shape index (κ2) is 8.15. The van der Waals surface area contributed by atoms with Gasteiger partial charge in [0.1, 0.15) is 6.61 Å². The summed E-state index contributed by atoms with van der Waals surface area (Å²) in [5.41, 5.74) is 4.01. The summed E-state index contributed by atoms with van der Waals surface area (Å²) in [7, 11) is 0. The lowest BCUT2D eigenvalue weighted by Gasteiger charge is -2.22. The molecule has 1 amide bonds. The molecule has 0 aliphatic rings. The maximum Gasteiger partial charge on any atom is 0.414 e. The number of benzene rings is 3. The van der Waals surface area contributed by atoms with Gasteiger partial charge in [-0.05, 0) is 30.2 Å². The Morgan fingerprint density at radius 2 is 1.36 bits per heavy atom. The standard InChI is InChI=1S/C22H21NO2/c1-18-12-14-21(15-13-18)23(16-19-8-4-2-5-9-19)22(24)25-17-20-10-6-3-7-11-20/h2-15H,16-17H2,1H3. The van der Waals surface area contributed by atoms with Gasteiger partial charge in [-0.1, -0.05) is 78.4 Å². The minimum atomic E-state index is -0.350. The van der Waals surface area contributed by atoms with Crippen molar-refractivity contribution in [1.82, 2.24) is 0 Å². The molecule has 25 heavy (non-hydrogen) atoms. The van der Waals surface area contributed by atoms with Crippen LogP contribution in [0.3, 0.4) is 0 Å². The van der Waals surface area contributed by atoms with Crippen LogP contribution in [0.4, 0.5) is 10.5 Å². The van der Waals surface area contributed by atoms with Crippen molar-refractivity contribution in [2.24, 2.45) is 0 Å². The third-order valence-corrected chi connectivity index (χ3v) is 3.95. The number of amides is 1. The summed E-state index contributed by atoms with van der Waals surface area (Å²) in [6, 6.07) is 27.5. The normalized spacial score (nSPS) is 10.3. The van der Waals surface area contributed by atoms with Crippen LogP contribution in [0.15, 0.2) is 84.9 Å². The summed E-state index contributed by atoms with van der Waals surface area (Å²) in [6.45, 7) is 2.76. The summed E-state index contributed by atoms with van der Waals surface area (Å²) in [5.74, 6) is 0. The molecular formula is C22H21NO2. The van der Waals surface area contributed by atoms with Crippen LogP contribution in [0, 0.1) is 6.92 Å². The highest BCUT2D eigenvalue weighted by Crippen LogP contribution is 2.20. The molecule has 0 saturated heterocycles. The molecule has 3 nitrogen and oxygen atoms in total. The Morgan fingerprint density at radius 1 is 0.800 bits per heavy atom. The molecule has 0 spiro atoms. The first kappa shape index (κ1) is 16.8. The van der Waals surface area contributed by atoms with E-state index >= 15 is 0 Å². The summed E-state index contributed by atoms with van der Waals surface area (Å²) < 4.78 is 5.53. The Bertz CT molecular complexity index is 798. The summed E-state index contributed by atoms with van der Waals surface area (Å²) in [6.07, 6.45) is -0.350. The number of carbonyl (C=O) groups is 1. The zero-order valence-corrected chi connectivity index (χ0v) is 14.3. The van der Waals surface area contributed by atoms with E-state index in [0.29, 0.717) is 6.54 Å². The average molecular weight is 331 g/mol. The van der Waals surface area contributed by atoms with Gasteiger partial charge in [-0.3, -0.25) is 4.90 Å². The molecule has 3 rings (SSSR count). The maximum atomic E-state index is 12.7. The van der Waals surface area contributed by atoms with Gasteiger partial charge in [0.2, 0.25) is 0 Å². The number of hydrogen-bond donors (Lipinski definition) is 0. The molecule has 3 aromatic rings. The zero-order chi connectivity index (χ0) is 17.5. The zero-order valence-electron chi connectivity index (χ0n) is 14.3. The fourth-order valence-corrected chi connectivity index (χ4v) is 2.55. The lowest BCUT2D eigenvalue weighted by molar-refractivity contribution is 0.146. The van der Waals surface area contributed by atoms with E-state index in [1.165, 1.54) is 0 Å². The summed E-state index contributed by atoms with van der Waals surface area (Å²) in [5, 5.41) is 0. The quantitative estimate of drug-likeness (QED) is 0.631. The minimum absolute atomic E-state index is 0.261. The third kappa shape index (κ3) is 4.70. The molecule has 0 unspecified atom stereocenters. The van der Waals surface area contributed by atoms with E-state index in [9.17, 15) is 4.79 Å². The van der Waals surface area contributed by atoms with Crippen LogP contribution in [0.5, 0.6) is 0 Å². The van der Waals surface area contributed by atoms with Crippen LogP contribution in [0.25, 0.3) is 0 Å². The van der Waals surface area contributed by atoms with E-state index in [4.69, 9.17) is 4.74 Å². The Labute approximate surface area is 148 Å². The van der Waals surface area contributed by atoms with Gasteiger partial charge in [-0.15, -0.1) is 0 Å². The maximum absolute atomic E-state index is 12.7. The van der Waals surface area contributed by atoms with Crippen molar-refractivity contribution >= 4 is 11.8 Å². The summed E-state index contributed by atoms with van der Waals surface area (Å²) in [4.78, 5) is 14.4.